The number of hydrogen-bond acceptors (Lipinski definition) is 5. The minimum absolute atomic E-state index is 0.0732. The molecule has 2 atom stereocenters. The van der Waals surface area contributed by atoms with Crippen molar-refractivity contribution in [3.8, 4) is 0 Å². The van der Waals surface area contributed by atoms with Crippen LogP contribution in [-0.2, 0) is 20.7 Å². The van der Waals surface area contributed by atoms with Crippen molar-refractivity contribution in [1.82, 2.24) is 0 Å². The topological polar surface area (TPSA) is 92.7 Å². The van der Waals surface area contributed by atoms with E-state index in [9.17, 15) is 19.5 Å². The highest BCUT2D eigenvalue weighted by Gasteiger charge is 2.50. The van der Waals surface area contributed by atoms with Crippen molar-refractivity contribution >= 4 is 34.2 Å². The molecule has 0 saturated heterocycles. The summed E-state index contributed by atoms with van der Waals surface area (Å²) in [6.45, 7) is 5.89. The number of carbonyl (C=O) groups excluding carboxylic acids is 2. The molecule has 0 spiro atoms. The number of ether oxygens (including phenoxy) is 1. The number of rotatable bonds is 6. The minimum Gasteiger partial charge on any atom is -0.481 e. The molecule has 3 aliphatic rings. The van der Waals surface area contributed by atoms with Crippen molar-refractivity contribution in [1.29, 1.82) is 0 Å². The summed E-state index contributed by atoms with van der Waals surface area (Å²) in [4.78, 5) is 38.3. The molecule has 148 valence electrons. The van der Waals surface area contributed by atoms with Gasteiger partial charge in [-0.05, 0) is 63.4 Å². The number of esters is 1. The first-order chi connectivity index (χ1) is 12.9. The zero-order chi connectivity index (χ0) is 19.7. The zero-order valence-corrected chi connectivity index (χ0v) is 16.9. The van der Waals surface area contributed by atoms with Crippen LogP contribution in [-0.4, -0.2) is 29.6 Å². The van der Waals surface area contributed by atoms with Gasteiger partial charge in [0, 0.05) is 4.88 Å². The Morgan fingerprint density at radius 1 is 1.11 bits per heavy atom. The van der Waals surface area contributed by atoms with Crippen LogP contribution in [0.3, 0.4) is 0 Å². The molecule has 2 bridgehead atoms. The molecule has 0 unspecified atom stereocenters. The SMILES string of the molecule is CCOC(=O)c1c(NC(=O)[C@H]2C3CCC(CC3)[C@@H]2C(=O)O)sc(C)c1CC. The predicted molar refractivity (Wildman–Crippen MR) is 103 cm³/mol. The molecule has 0 aromatic carbocycles. The Hall–Kier alpha value is -1.89. The van der Waals surface area contributed by atoms with Gasteiger partial charge >= 0.3 is 11.9 Å². The summed E-state index contributed by atoms with van der Waals surface area (Å²) in [5.74, 6) is -2.57. The lowest BCUT2D eigenvalue weighted by molar-refractivity contribution is -0.156. The number of aryl methyl sites for hydroxylation is 1. The van der Waals surface area contributed by atoms with E-state index in [2.05, 4.69) is 5.32 Å². The molecule has 7 heteroatoms. The lowest BCUT2D eigenvalue weighted by Gasteiger charge is -2.45. The number of nitrogens with one attached hydrogen (secondary N) is 1. The Morgan fingerprint density at radius 3 is 2.22 bits per heavy atom. The maximum atomic E-state index is 13.1. The molecule has 3 saturated carbocycles. The molecule has 3 fully saturated rings. The Kier molecular flexibility index (Phi) is 5.89. The fourth-order valence-electron chi connectivity index (χ4n) is 4.89. The average molecular weight is 394 g/mol. The number of thiophene rings is 1. The number of carbonyl (C=O) groups is 3. The van der Waals surface area contributed by atoms with E-state index >= 15 is 0 Å². The third kappa shape index (κ3) is 3.61. The molecule has 1 amide bonds. The summed E-state index contributed by atoms with van der Waals surface area (Å²) in [6.07, 6.45) is 4.25. The van der Waals surface area contributed by atoms with Crippen LogP contribution in [0.2, 0.25) is 0 Å². The first kappa shape index (κ1) is 19.9. The molecule has 0 aliphatic heterocycles. The molecule has 1 heterocycles. The molecule has 27 heavy (non-hydrogen) atoms. The molecule has 1 aromatic rings. The van der Waals surface area contributed by atoms with Crippen LogP contribution in [0.4, 0.5) is 5.00 Å². The van der Waals surface area contributed by atoms with E-state index in [4.69, 9.17) is 4.74 Å². The fourth-order valence-corrected chi connectivity index (χ4v) is 6.02. The summed E-state index contributed by atoms with van der Waals surface area (Å²) in [5.41, 5.74) is 1.30. The second-order valence-electron chi connectivity index (χ2n) is 7.47. The number of carboxylic acids is 1. The molecule has 2 N–H and O–H groups in total. The minimum atomic E-state index is -0.883. The summed E-state index contributed by atoms with van der Waals surface area (Å²) in [6, 6.07) is 0. The van der Waals surface area contributed by atoms with Crippen molar-refractivity contribution < 1.29 is 24.2 Å². The monoisotopic (exact) mass is 393 g/mol. The van der Waals surface area contributed by atoms with Crippen molar-refractivity contribution in [2.75, 3.05) is 11.9 Å². The fraction of sp³-hybridized carbons (Fsp3) is 0.650. The summed E-state index contributed by atoms with van der Waals surface area (Å²) in [7, 11) is 0. The van der Waals surface area contributed by atoms with E-state index < -0.39 is 23.8 Å². The highest BCUT2D eigenvalue weighted by molar-refractivity contribution is 7.16. The quantitative estimate of drug-likeness (QED) is 0.716. The molecule has 6 nitrogen and oxygen atoms in total. The number of hydrogen-bond donors (Lipinski definition) is 2. The van der Waals surface area contributed by atoms with Gasteiger partial charge in [-0.1, -0.05) is 6.92 Å². The van der Waals surface area contributed by atoms with Crippen molar-refractivity contribution in [3.05, 3.63) is 16.0 Å². The van der Waals surface area contributed by atoms with Gasteiger partial charge in [0.15, 0.2) is 0 Å². The van der Waals surface area contributed by atoms with E-state index in [0.29, 0.717) is 17.0 Å². The Labute approximate surface area is 163 Å². The molecule has 1 aromatic heterocycles. The molecular formula is C20H27NO5S. The van der Waals surface area contributed by atoms with Crippen molar-refractivity contribution in [2.45, 2.75) is 52.9 Å². The molecule has 0 radical (unpaired) electrons. The van der Waals surface area contributed by atoms with Gasteiger partial charge in [0.25, 0.3) is 0 Å². The van der Waals surface area contributed by atoms with Crippen LogP contribution in [0, 0.1) is 30.6 Å². The summed E-state index contributed by atoms with van der Waals surface area (Å²) in [5, 5.41) is 13.1. The molecule has 4 rings (SSSR count). The molecule has 3 aliphatic carbocycles. The van der Waals surface area contributed by atoms with Crippen molar-refractivity contribution in [2.24, 2.45) is 23.7 Å². The summed E-state index contributed by atoms with van der Waals surface area (Å²) < 4.78 is 5.18. The first-order valence-electron chi connectivity index (χ1n) is 9.72. The van der Waals surface area contributed by atoms with E-state index in [-0.39, 0.29) is 24.3 Å². The lowest BCUT2D eigenvalue weighted by Crippen LogP contribution is -2.49. The highest BCUT2D eigenvalue weighted by atomic mass is 32.1. The van der Waals surface area contributed by atoms with Gasteiger partial charge in [-0.3, -0.25) is 9.59 Å². The van der Waals surface area contributed by atoms with E-state index in [1.165, 1.54) is 11.3 Å². The average Bonchev–Trinajstić information content (AvgIpc) is 2.96. The van der Waals surface area contributed by atoms with Crippen LogP contribution in [0.25, 0.3) is 0 Å². The largest absolute Gasteiger partial charge is 0.481 e. The molecular weight excluding hydrogens is 366 g/mol. The van der Waals surface area contributed by atoms with Crippen molar-refractivity contribution in [3.63, 3.8) is 0 Å². The Morgan fingerprint density at radius 2 is 1.70 bits per heavy atom. The first-order valence-corrected chi connectivity index (χ1v) is 10.5. The number of anilines is 1. The van der Waals surface area contributed by atoms with Gasteiger partial charge in [0.2, 0.25) is 5.91 Å². The number of amides is 1. The number of carboxylic acid groups (broad SMARTS) is 1. The van der Waals surface area contributed by atoms with E-state index in [0.717, 1.165) is 36.1 Å². The highest BCUT2D eigenvalue weighted by Crippen LogP contribution is 2.49. The van der Waals surface area contributed by atoms with Gasteiger partial charge in [-0.15, -0.1) is 11.3 Å². The predicted octanol–water partition coefficient (Wildman–Crippen LogP) is 3.87. The van der Waals surface area contributed by atoms with Gasteiger partial charge < -0.3 is 15.2 Å². The van der Waals surface area contributed by atoms with Crippen LogP contribution in [0.1, 0.15) is 60.3 Å². The number of aliphatic carboxylic acids is 1. The summed E-state index contributed by atoms with van der Waals surface area (Å²) >= 11 is 1.36. The van der Waals surface area contributed by atoms with Crippen LogP contribution < -0.4 is 5.32 Å². The zero-order valence-electron chi connectivity index (χ0n) is 16.0. The smallest absolute Gasteiger partial charge is 0.341 e. The van der Waals surface area contributed by atoms with Crippen LogP contribution >= 0.6 is 11.3 Å². The van der Waals surface area contributed by atoms with E-state index in [1.54, 1.807) is 6.92 Å². The maximum absolute atomic E-state index is 13.1. The third-order valence-electron chi connectivity index (χ3n) is 6.09. The lowest BCUT2D eigenvalue weighted by atomic mass is 9.58. The van der Waals surface area contributed by atoms with Crippen LogP contribution in [0.15, 0.2) is 0 Å². The maximum Gasteiger partial charge on any atom is 0.341 e. The second-order valence-corrected chi connectivity index (χ2v) is 8.69. The van der Waals surface area contributed by atoms with Gasteiger partial charge in [0.05, 0.1) is 24.0 Å². The second kappa shape index (κ2) is 8.00. The third-order valence-corrected chi connectivity index (χ3v) is 7.15. The Balaban J connectivity index is 1.89. The van der Waals surface area contributed by atoms with E-state index in [1.807, 2.05) is 13.8 Å². The van der Waals surface area contributed by atoms with Gasteiger partial charge in [-0.25, -0.2) is 4.79 Å². The van der Waals surface area contributed by atoms with Gasteiger partial charge in [-0.2, -0.15) is 0 Å². The normalized spacial score (nSPS) is 26.6. The standard InChI is InChI=1S/C20H27NO5S/c1-4-13-10(3)27-18(16(13)20(25)26-5-2)21-17(22)14-11-6-8-12(9-7-11)15(14)19(23)24/h11-12,14-15H,4-9H2,1-3H3,(H,21,22)(H,23,24)/t11?,12?,14-,15-/m0/s1. The number of fused-ring (bicyclic) bond motifs is 3. The Bertz CT molecular complexity index is 748. The van der Waals surface area contributed by atoms with Crippen LogP contribution in [0.5, 0.6) is 0 Å². The van der Waals surface area contributed by atoms with Gasteiger partial charge in [0.1, 0.15) is 5.00 Å².